The quantitative estimate of drug-likeness (QED) is 0.394. The number of terminal acetylenes is 1. The third kappa shape index (κ3) is 2.30. The first kappa shape index (κ1) is 14.4. The summed E-state index contributed by atoms with van der Waals surface area (Å²) in [5.41, 5.74) is 0. The molecule has 0 bridgehead atoms. The minimum absolute atomic E-state index is 0.665. The van der Waals surface area contributed by atoms with Crippen LogP contribution in [0, 0.1) is 41.4 Å². The van der Waals surface area contributed by atoms with E-state index in [1.54, 1.807) is 5.92 Å². The van der Waals surface area contributed by atoms with E-state index >= 15 is 0 Å². The molecule has 0 atom stereocenters. The predicted molar refractivity (Wildman–Crippen MR) is 50.3 cm³/mol. The van der Waals surface area contributed by atoms with Crippen LogP contribution in [0.4, 0.5) is 22.0 Å². The largest absolute Gasteiger partial charge is 0.247 e. The van der Waals surface area contributed by atoms with E-state index in [-0.39, 0.29) is 0 Å². The van der Waals surface area contributed by atoms with Gasteiger partial charge in [0.1, 0.15) is 0 Å². The molecule has 0 aliphatic heterocycles. The van der Waals surface area contributed by atoms with Crippen LogP contribution in [-0.4, -0.2) is 15.0 Å². The maximum atomic E-state index is 13.1. The average Bonchev–Trinajstić information content (AvgIpc) is 2.31. The third-order valence-corrected chi connectivity index (χ3v) is 3.22. The van der Waals surface area contributed by atoms with Crippen molar-refractivity contribution in [1.29, 1.82) is 0 Å². The smallest absolute Gasteiger partial charge is 0.207 e. The van der Waals surface area contributed by atoms with Crippen molar-refractivity contribution < 1.29 is 30.4 Å². The van der Waals surface area contributed by atoms with Crippen LogP contribution in [0.3, 0.4) is 0 Å². The fourth-order valence-electron chi connectivity index (χ4n) is 1.03. The standard InChI is InChI=1S/C9H4F5NO2S/c1-2-3-15-18(16,17)9-7(13)5(11)4(10)6(12)8(9)14/h1,15H,3H2. The van der Waals surface area contributed by atoms with Crippen LogP contribution < -0.4 is 4.72 Å². The lowest BCUT2D eigenvalue weighted by atomic mass is 10.3. The first-order chi connectivity index (χ1) is 8.24. The third-order valence-electron chi connectivity index (χ3n) is 1.80. The first-order valence-electron chi connectivity index (χ1n) is 4.18. The maximum absolute atomic E-state index is 13.1. The molecule has 0 fully saturated rings. The van der Waals surface area contributed by atoms with E-state index in [4.69, 9.17) is 6.42 Å². The van der Waals surface area contributed by atoms with Crippen molar-refractivity contribution in [2.75, 3.05) is 6.54 Å². The molecule has 0 heterocycles. The van der Waals surface area contributed by atoms with Crippen molar-refractivity contribution >= 4 is 10.0 Å². The molecule has 1 rings (SSSR count). The van der Waals surface area contributed by atoms with E-state index in [2.05, 4.69) is 0 Å². The Morgan fingerprint density at radius 3 is 1.72 bits per heavy atom. The van der Waals surface area contributed by atoms with Crippen molar-refractivity contribution in [1.82, 2.24) is 4.72 Å². The van der Waals surface area contributed by atoms with Gasteiger partial charge in [-0.3, -0.25) is 0 Å². The summed E-state index contributed by atoms with van der Waals surface area (Å²) in [6.07, 6.45) is 4.70. The normalized spacial score (nSPS) is 11.3. The van der Waals surface area contributed by atoms with Gasteiger partial charge in [-0.25, -0.2) is 30.4 Å². The zero-order chi connectivity index (χ0) is 14.1. The van der Waals surface area contributed by atoms with Crippen LogP contribution in [0.5, 0.6) is 0 Å². The SMILES string of the molecule is C#CCNS(=O)(=O)c1c(F)c(F)c(F)c(F)c1F. The van der Waals surface area contributed by atoms with Gasteiger partial charge in [-0.2, -0.15) is 4.72 Å². The molecule has 98 valence electrons. The summed E-state index contributed by atoms with van der Waals surface area (Å²) in [6, 6.07) is 0. The van der Waals surface area contributed by atoms with Crippen molar-refractivity contribution in [2.45, 2.75) is 4.90 Å². The number of hydrogen-bond acceptors (Lipinski definition) is 2. The molecule has 1 N–H and O–H groups in total. The number of nitrogens with one attached hydrogen (secondary N) is 1. The number of hydrogen-bond donors (Lipinski definition) is 1. The van der Waals surface area contributed by atoms with Crippen molar-refractivity contribution in [3.63, 3.8) is 0 Å². The Balaban J connectivity index is 3.58. The molecule has 18 heavy (non-hydrogen) atoms. The second-order valence-corrected chi connectivity index (χ2v) is 4.63. The van der Waals surface area contributed by atoms with Crippen LogP contribution in [-0.2, 0) is 10.0 Å². The maximum Gasteiger partial charge on any atom is 0.247 e. The molecule has 1 aromatic rings. The minimum atomic E-state index is -4.93. The molecule has 0 saturated carbocycles. The van der Waals surface area contributed by atoms with E-state index in [9.17, 15) is 30.4 Å². The fraction of sp³-hybridized carbons (Fsp3) is 0.111. The van der Waals surface area contributed by atoms with Gasteiger partial charge < -0.3 is 0 Å². The molecule has 0 unspecified atom stereocenters. The fourth-order valence-corrected chi connectivity index (χ4v) is 2.10. The summed E-state index contributed by atoms with van der Waals surface area (Å²) in [6.45, 7) is -0.665. The lowest BCUT2D eigenvalue weighted by Crippen LogP contribution is -2.27. The lowest BCUT2D eigenvalue weighted by molar-refractivity contribution is 0.357. The lowest BCUT2D eigenvalue weighted by Gasteiger charge is -2.08. The highest BCUT2D eigenvalue weighted by Crippen LogP contribution is 2.26. The van der Waals surface area contributed by atoms with Crippen LogP contribution in [0.25, 0.3) is 0 Å². The summed E-state index contributed by atoms with van der Waals surface area (Å²) in [7, 11) is -4.93. The van der Waals surface area contributed by atoms with Gasteiger partial charge in [0.15, 0.2) is 28.2 Å². The highest BCUT2D eigenvalue weighted by Gasteiger charge is 2.33. The minimum Gasteiger partial charge on any atom is -0.207 e. The van der Waals surface area contributed by atoms with Crippen molar-refractivity contribution in [3.8, 4) is 12.3 Å². The molecule has 1 aromatic carbocycles. The monoisotopic (exact) mass is 285 g/mol. The molecule has 3 nitrogen and oxygen atoms in total. The second kappa shape index (κ2) is 4.91. The first-order valence-corrected chi connectivity index (χ1v) is 5.67. The Morgan fingerprint density at radius 1 is 0.944 bits per heavy atom. The van der Waals surface area contributed by atoms with Gasteiger partial charge in [0.05, 0.1) is 6.54 Å². The Kier molecular flexibility index (Phi) is 3.93. The Morgan fingerprint density at radius 2 is 1.33 bits per heavy atom. The van der Waals surface area contributed by atoms with Crippen molar-refractivity contribution in [2.24, 2.45) is 0 Å². The molecule has 0 saturated heterocycles. The highest BCUT2D eigenvalue weighted by molar-refractivity contribution is 7.89. The molecule has 0 radical (unpaired) electrons. The number of benzene rings is 1. The number of halogens is 5. The molecule has 0 aliphatic rings. The van der Waals surface area contributed by atoms with Crippen LogP contribution >= 0.6 is 0 Å². The van der Waals surface area contributed by atoms with Gasteiger partial charge in [-0.1, -0.05) is 5.92 Å². The number of sulfonamides is 1. The Bertz CT molecular complexity index is 606. The zero-order valence-electron chi connectivity index (χ0n) is 8.40. The Labute approximate surface area is 98.7 Å². The summed E-state index contributed by atoms with van der Waals surface area (Å²) in [5, 5.41) is 0. The van der Waals surface area contributed by atoms with Gasteiger partial charge in [0, 0.05) is 0 Å². The van der Waals surface area contributed by atoms with E-state index in [0.29, 0.717) is 0 Å². The van der Waals surface area contributed by atoms with Crippen LogP contribution in [0.2, 0.25) is 0 Å². The highest BCUT2D eigenvalue weighted by atomic mass is 32.2. The van der Waals surface area contributed by atoms with Gasteiger partial charge >= 0.3 is 0 Å². The van der Waals surface area contributed by atoms with Crippen LogP contribution in [0.15, 0.2) is 4.90 Å². The second-order valence-electron chi connectivity index (χ2n) is 2.93. The van der Waals surface area contributed by atoms with E-state index in [1.807, 2.05) is 0 Å². The average molecular weight is 285 g/mol. The van der Waals surface area contributed by atoms with E-state index in [1.165, 1.54) is 4.72 Å². The molecule has 0 spiro atoms. The molecule has 0 aromatic heterocycles. The molecule has 9 heteroatoms. The topological polar surface area (TPSA) is 46.2 Å². The molecule has 0 aliphatic carbocycles. The van der Waals surface area contributed by atoms with Crippen molar-refractivity contribution in [3.05, 3.63) is 29.1 Å². The summed E-state index contributed by atoms with van der Waals surface area (Å²) in [4.78, 5) is -1.96. The zero-order valence-corrected chi connectivity index (χ0v) is 9.22. The van der Waals surface area contributed by atoms with Crippen LogP contribution in [0.1, 0.15) is 0 Å². The molecular weight excluding hydrogens is 281 g/mol. The Hall–Kier alpha value is -1.66. The van der Waals surface area contributed by atoms with Gasteiger partial charge in [0.2, 0.25) is 15.8 Å². The van der Waals surface area contributed by atoms with Gasteiger partial charge in [-0.15, -0.1) is 6.42 Å². The van der Waals surface area contributed by atoms with E-state index in [0.717, 1.165) is 0 Å². The number of rotatable bonds is 3. The molecule has 0 amide bonds. The summed E-state index contributed by atoms with van der Waals surface area (Å²) >= 11 is 0. The summed E-state index contributed by atoms with van der Waals surface area (Å²) < 4.78 is 88.5. The summed E-state index contributed by atoms with van der Waals surface area (Å²) in [5.74, 6) is -10.3. The van der Waals surface area contributed by atoms with E-state index < -0.39 is 50.5 Å². The molecular formula is C9H4F5NO2S. The van der Waals surface area contributed by atoms with Gasteiger partial charge in [0.25, 0.3) is 0 Å². The van der Waals surface area contributed by atoms with Gasteiger partial charge in [-0.05, 0) is 0 Å². The predicted octanol–water partition coefficient (Wildman–Crippen LogP) is 1.29.